The second kappa shape index (κ2) is 4.67. The molecule has 0 bridgehead atoms. The van der Waals surface area contributed by atoms with E-state index in [0.29, 0.717) is 22.5 Å². The van der Waals surface area contributed by atoms with Crippen molar-refractivity contribution in [2.24, 2.45) is 0 Å². The first kappa shape index (κ1) is 11.8. The zero-order valence-corrected chi connectivity index (χ0v) is 9.20. The fraction of sp³-hybridized carbons (Fsp3) is 0. The van der Waals surface area contributed by atoms with Gasteiger partial charge in [0.1, 0.15) is 0 Å². The van der Waals surface area contributed by atoms with Crippen molar-refractivity contribution in [3.8, 4) is 0 Å². The lowest BCUT2D eigenvalue weighted by Crippen LogP contribution is -2.04. The lowest BCUT2D eigenvalue weighted by Gasteiger charge is -2.02. The summed E-state index contributed by atoms with van der Waals surface area (Å²) in [5.41, 5.74) is 0.931. The number of carbonyl (C=O) groups excluding carboxylic acids is 1. The molecule has 0 aliphatic heterocycles. The van der Waals surface area contributed by atoms with E-state index in [2.05, 4.69) is 4.98 Å². The van der Waals surface area contributed by atoms with E-state index in [9.17, 15) is 9.59 Å². The van der Waals surface area contributed by atoms with Crippen molar-refractivity contribution in [2.75, 3.05) is 0 Å². The van der Waals surface area contributed by atoms with E-state index < -0.39 is 17.5 Å². The number of hydrogen-bond donors (Lipinski definition) is 2. The number of ketones is 1. The molecule has 18 heavy (non-hydrogen) atoms. The third-order valence-corrected chi connectivity index (χ3v) is 2.40. The highest BCUT2D eigenvalue weighted by Crippen LogP contribution is 2.17. The van der Waals surface area contributed by atoms with Crippen LogP contribution in [-0.2, 0) is 4.79 Å². The summed E-state index contributed by atoms with van der Waals surface area (Å²) in [6.07, 6.45) is 2.14. The van der Waals surface area contributed by atoms with Crippen LogP contribution in [0.3, 0.4) is 0 Å². The molecule has 0 saturated heterocycles. The smallest absolute Gasteiger partial charge is 0.371 e. The molecule has 2 N–H and O–H groups in total. The van der Waals surface area contributed by atoms with Crippen molar-refractivity contribution < 1.29 is 19.8 Å². The first-order valence-corrected chi connectivity index (χ1v) is 5.11. The average Bonchev–Trinajstić information content (AvgIpc) is 2.37. The van der Waals surface area contributed by atoms with Crippen LogP contribution in [0.1, 0.15) is 10.4 Å². The Morgan fingerprint density at radius 2 is 1.83 bits per heavy atom. The standard InChI is InChI=1S/C13H9NO4/c15-11(7-12(16)13(17)18)9-5-6-14-10-4-2-1-3-8(9)10/h1-7,16H,(H,17,18)/b12-7-. The van der Waals surface area contributed by atoms with Gasteiger partial charge in [0.25, 0.3) is 0 Å². The molecule has 0 spiro atoms. The monoisotopic (exact) mass is 243 g/mol. The highest BCUT2D eigenvalue weighted by atomic mass is 16.4. The average molecular weight is 243 g/mol. The molecule has 0 amide bonds. The Hall–Kier alpha value is -2.69. The third-order valence-electron chi connectivity index (χ3n) is 2.40. The van der Waals surface area contributed by atoms with Crippen molar-refractivity contribution in [3.63, 3.8) is 0 Å². The van der Waals surface area contributed by atoms with Crippen LogP contribution in [0.25, 0.3) is 10.9 Å². The topological polar surface area (TPSA) is 87.5 Å². The fourth-order valence-corrected chi connectivity index (χ4v) is 1.57. The molecule has 1 heterocycles. The summed E-state index contributed by atoms with van der Waals surface area (Å²) in [5, 5.41) is 18.2. The van der Waals surface area contributed by atoms with Crippen LogP contribution in [0.2, 0.25) is 0 Å². The Kier molecular flexibility index (Phi) is 3.05. The predicted octanol–water partition coefficient (Wildman–Crippen LogP) is 1.94. The number of fused-ring (bicyclic) bond motifs is 1. The first-order valence-electron chi connectivity index (χ1n) is 5.11. The maximum absolute atomic E-state index is 11.8. The SMILES string of the molecule is O=C(O)/C(O)=C/C(=O)c1ccnc2ccccc12. The molecule has 1 aromatic carbocycles. The zero-order valence-electron chi connectivity index (χ0n) is 9.20. The molecule has 0 saturated carbocycles. The Bertz CT molecular complexity index is 656. The van der Waals surface area contributed by atoms with Gasteiger partial charge in [-0.1, -0.05) is 18.2 Å². The number of rotatable bonds is 3. The molecule has 5 heteroatoms. The second-order valence-electron chi connectivity index (χ2n) is 3.57. The summed E-state index contributed by atoms with van der Waals surface area (Å²) in [5.74, 6) is -3.10. The maximum atomic E-state index is 11.8. The van der Waals surface area contributed by atoms with Crippen molar-refractivity contribution in [1.82, 2.24) is 4.98 Å². The van der Waals surface area contributed by atoms with Crippen LogP contribution in [0, 0.1) is 0 Å². The minimum Gasteiger partial charge on any atom is -0.502 e. The Morgan fingerprint density at radius 3 is 2.56 bits per heavy atom. The van der Waals surface area contributed by atoms with Gasteiger partial charge in [0.05, 0.1) is 5.52 Å². The molecular formula is C13H9NO4. The van der Waals surface area contributed by atoms with Gasteiger partial charge in [0.15, 0.2) is 5.78 Å². The molecule has 90 valence electrons. The molecule has 2 aromatic rings. The van der Waals surface area contributed by atoms with Crippen LogP contribution < -0.4 is 0 Å². The highest BCUT2D eigenvalue weighted by molar-refractivity contribution is 6.14. The number of aliphatic hydroxyl groups is 1. The van der Waals surface area contributed by atoms with Crippen molar-refractivity contribution in [1.29, 1.82) is 0 Å². The molecule has 0 atom stereocenters. The first-order chi connectivity index (χ1) is 8.59. The van der Waals surface area contributed by atoms with E-state index in [-0.39, 0.29) is 0 Å². The van der Waals surface area contributed by atoms with E-state index in [1.807, 2.05) is 0 Å². The predicted molar refractivity (Wildman–Crippen MR) is 64.4 cm³/mol. The normalized spacial score (nSPS) is 11.4. The second-order valence-corrected chi connectivity index (χ2v) is 3.57. The molecule has 0 unspecified atom stereocenters. The van der Waals surface area contributed by atoms with Crippen molar-refractivity contribution >= 4 is 22.7 Å². The molecule has 2 rings (SSSR count). The van der Waals surface area contributed by atoms with Crippen LogP contribution in [0.15, 0.2) is 48.4 Å². The van der Waals surface area contributed by atoms with E-state index in [0.717, 1.165) is 0 Å². The summed E-state index contributed by atoms with van der Waals surface area (Å²) in [6.45, 7) is 0. The van der Waals surface area contributed by atoms with Gasteiger partial charge >= 0.3 is 5.97 Å². The van der Waals surface area contributed by atoms with Gasteiger partial charge in [-0.15, -0.1) is 0 Å². The van der Waals surface area contributed by atoms with Crippen LogP contribution in [0.4, 0.5) is 0 Å². The zero-order chi connectivity index (χ0) is 13.1. The Morgan fingerprint density at radius 1 is 1.11 bits per heavy atom. The van der Waals surface area contributed by atoms with Gasteiger partial charge < -0.3 is 10.2 Å². The molecule has 0 fully saturated rings. The summed E-state index contributed by atoms with van der Waals surface area (Å²) in [4.78, 5) is 26.4. The molecular weight excluding hydrogens is 234 g/mol. The number of aliphatic hydroxyl groups excluding tert-OH is 1. The van der Waals surface area contributed by atoms with Crippen LogP contribution in [0.5, 0.6) is 0 Å². The Balaban J connectivity index is 2.52. The number of aromatic nitrogens is 1. The van der Waals surface area contributed by atoms with E-state index >= 15 is 0 Å². The number of carboxylic acid groups (broad SMARTS) is 1. The minimum atomic E-state index is -1.54. The number of aliphatic carboxylic acids is 1. The highest BCUT2D eigenvalue weighted by Gasteiger charge is 2.12. The lowest BCUT2D eigenvalue weighted by atomic mass is 10.0. The van der Waals surface area contributed by atoms with E-state index in [1.165, 1.54) is 12.3 Å². The minimum absolute atomic E-state index is 0.299. The van der Waals surface area contributed by atoms with Gasteiger partial charge in [0.2, 0.25) is 5.76 Å². The number of allylic oxidation sites excluding steroid dienone is 1. The van der Waals surface area contributed by atoms with Gasteiger partial charge in [-0.05, 0) is 12.1 Å². The molecule has 5 nitrogen and oxygen atoms in total. The molecule has 0 aliphatic rings. The number of carbonyl (C=O) groups is 2. The van der Waals surface area contributed by atoms with Gasteiger partial charge in [-0.25, -0.2) is 4.79 Å². The number of benzene rings is 1. The summed E-state index contributed by atoms with van der Waals surface area (Å²) in [6, 6.07) is 8.47. The number of pyridine rings is 1. The quantitative estimate of drug-likeness (QED) is 0.488. The number of nitrogens with zero attached hydrogens (tertiary/aromatic N) is 1. The van der Waals surface area contributed by atoms with Crippen molar-refractivity contribution in [2.45, 2.75) is 0 Å². The number of hydrogen-bond acceptors (Lipinski definition) is 4. The molecule has 0 radical (unpaired) electrons. The fourth-order valence-electron chi connectivity index (χ4n) is 1.57. The summed E-state index contributed by atoms with van der Waals surface area (Å²) >= 11 is 0. The molecule has 1 aromatic heterocycles. The molecule has 0 aliphatic carbocycles. The van der Waals surface area contributed by atoms with Gasteiger partial charge in [-0.2, -0.15) is 0 Å². The lowest BCUT2D eigenvalue weighted by molar-refractivity contribution is -0.135. The van der Waals surface area contributed by atoms with Crippen LogP contribution >= 0.6 is 0 Å². The summed E-state index contributed by atoms with van der Waals surface area (Å²) in [7, 11) is 0. The van der Waals surface area contributed by atoms with E-state index in [1.54, 1.807) is 24.3 Å². The van der Waals surface area contributed by atoms with Gasteiger partial charge in [-0.3, -0.25) is 9.78 Å². The summed E-state index contributed by atoms with van der Waals surface area (Å²) < 4.78 is 0. The number of para-hydroxylation sites is 1. The van der Waals surface area contributed by atoms with Gasteiger partial charge in [0, 0.05) is 23.2 Å². The number of carboxylic acids is 1. The van der Waals surface area contributed by atoms with Crippen molar-refractivity contribution in [3.05, 3.63) is 53.9 Å². The third kappa shape index (κ3) is 2.20. The van der Waals surface area contributed by atoms with E-state index in [4.69, 9.17) is 10.2 Å². The Labute approximate surface area is 102 Å². The largest absolute Gasteiger partial charge is 0.502 e. The van der Waals surface area contributed by atoms with Crippen LogP contribution in [-0.4, -0.2) is 26.9 Å². The maximum Gasteiger partial charge on any atom is 0.371 e.